The lowest BCUT2D eigenvalue weighted by Gasteiger charge is -1.96. The van der Waals surface area contributed by atoms with Crippen LogP contribution in [0.5, 0.6) is 0 Å². The Morgan fingerprint density at radius 2 is 2.06 bits per heavy atom. The molecule has 3 nitrogen and oxygen atoms in total. The Morgan fingerprint density at radius 3 is 2.71 bits per heavy atom. The second-order valence-electron chi connectivity index (χ2n) is 3.71. The summed E-state index contributed by atoms with van der Waals surface area (Å²) in [7, 11) is 0. The molecule has 0 bridgehead atoms. The van der Waals surface area contributed by atoms with Crippen LogP contribution >= 0.6 is 0 Å². The molecule has 0 saturated carbocycles. The fourth-order valence-corrected chi connectivity index (χ4v) is 1.48. The number of benzene rings is 1. The lowest BCUT2D eigenvalue weighted by atomic mass is 10.1. The highest BCUT2D eigenvalue weighted by Crippen LogP contribution is 2.11. The minimum atomic E-state index is -0.275. The smallest absolute Gasteiger partial charge is 0.199 e. The van der Waals surface area contributed by atoms with E-state index in [1.165, 1.54) is 18.4 Å². The molecule has 88 valence electrons. The molecule has 0 aliphatic carbocycles. The van der Waals surface area contributed by atoms with Crippen molar-refractivity contribution in [3.8, 4) is 0 Å². The van der Waals surface area contributed by atoms with Gasteiger partial charge in [-0.3, -0.25) is 4.79 Å². The summed E-state index contributed by atoms with van der Waals surface area (Å²) >= 11 is 0. The van der Waals surface area contributed by atoms with Crippen molar-refractivity contribution < 1.29 is 13.6 Å². The Kier molecular flexibility index (Phi) is 3.32. The highest BCUT2D eigenvalue weighted by atomic mass is 19.1. The van der Waals surface area contributed by atoms with Gasteiger partial charge in [-0.15, -0.1) is 0 Å². The maximum absolute atomic E-state index is 12.7. The Hall–Kier alpha value is -1.97. The molecule has 1 aromatic heterocycles. The Morgan fingerprint density at radius 1 is 1.35 bits per heavy atom. The van der Waals surface area contributed by atoms with E-state index < -0.39 is 0 Å². The van der Waals surface area contributed by atoms with Crippen molar-refractivity contribution in [1.82, 2.24) is 4.98 Å². The molecule has 0 saturated heterocycles. The third kappa shape index (κ3) is 2.78. The van der Waals surface area contributed by atoms with Gasteiger partial charge >= 0.3 is 0 Å². The van der Waals surface area contributed by atoms with Gasteiger partial charge in [0.2, 0.25) is 0 Å². The van der Waals surface area contributed by atoms with Crippen molar-refractivity contribution in [2.75, 3.05) is 0 Å². The van der Waals surface area contributed by atoms with E-state index in [2.05, 4.69) is 4.98 Å². The van der Waals surface area contributed by atoms with E-state index in [0.717, 1.165) is 5.56 Å². The molecule has 0 radical (unpaired) electrons. The number of aromatic nitrogens is 1. The van der Waals surface area contributed by atoms with Crippen molar-refractivity contribution in [1.29, 1.82) is 0 Å². The molecule has 0 N–H and O–H groups in total. The topological polar surface area (TPSA) is 43.1 Å². The first-order valence-corrected chi connectivity index (χ1v) is 5.41. The van der Waals surface area contributed by atoms with Crippen LogP contribution in [0.25, 0.3) is 0 Å². The molecule has 0 aliphatic heterocycles. The van der Waals surface area contributed by atoms with Crippen molar-refractivity contribution in [3.05, 3.63) is 53.5 Å². The van der Waals surface area contributed by atoms with Gasteiger partial charge in [-0.1, -0.05) is 19.1 Å². The van der Waals surface area contributed by atoms with Crippen LogP contribution in [0.3, 0.4) is 0 Å². The zero-order valence-corrected chi connectivity index (χ0v) is 9.44. The highest BCUT2D eigenvalue weighted by Gasteiger charge is 2.10. The van der Waals surface area contributed by atoms with Gasteiger partial charge in [-0.05, 0) is 17.7 Å². The number of rotatable bonds is 4. The standard InChI is InChI=1S/C13H12FNO2/c1-2-12(16)11-8-17-13(15-11)7-9-3-5-10(14)6-4-9/h3-6,8H,2,7H2,1H3. The van der Waals surface area contributed by atoms with Gasteiger partial charge in [-0.25, -0.2) is 9.37 Å². The molecule has 0 fully saturated rings. The van der Waals surface area contributed by atoms with Crippen LogP contribution < -0.4 is 0 Å². The molecule has 0 spiro atoms. The second-order valence-corrected chi connectivity index (χ2v) is 3.71. The normalized spacial score (nSPS) is 10.5. The minimum Gasteiger partial charge on any atom is -0.448 e. The number of carbonyl (C=O) groups is 1. The third-order valence-electron chi connectivity index (χ3n) is 2.43. The number of ketones is 1. The SMILES string of the molecule is CCC(=O)c1coc(Cc2ccc(F)cc2)n1. The van der Waals surface area contributed by atoms with Crippen LogP contribution in [-0.4, -0.2) is 10.8 Å². The molecule has 0 amide bonds. The van der Waals surface area contributed by atoms with E-state index in [-0.39, 0.29) is 11.6 Å². The lowest BCUT2D eigenvalue weighted by molar-refractivity contribution is 0.0983. The zero-order chi connectivity index (χ0) is 12.3. The first-order valence-electron chi connectivity index (χ1n) is 5.41. The summed E-state index contributed by atoms with van der Waals surface area (Å²) in [6, 6.07) is 6.11. The van der Waals surface area contributed by atoms with Gasteiger partial charge in [0.15, 0.2) is 11.7 Å². The lowest BCUT2D eigenvalue weighted by Crippen LogP contribution is -1.97. The van der Waals surface area contributed by atoms with Crippen molar-refractivity contribution >= 4 is 5.78 Å². The maximum Gasteiger partial charge on any atom is 0.199 e. The van der Waals surface area contributed by atoms with Gasteiger partial charge in [0.05, 0.1) is 0 Å². The van der Waals surface area contributed by atoms with E-state index in [9.17, 15) is 9.18 Å². The molecule has 0 atom stereocenters. The van der Waals surface area contributed by atoms with Crippen molar-refractivity contribution in [3.63, 3.8) is 0 Å². The van der Waals surface area contributed by atoms with E-state index in [1.54, 1.807) is 19.1 Å². The van der Waals surface area contributed by atoms with Crippen LogP contribution in [0.1, 0.15) is 35.3 Å². The molecule has 2 rings (SSSR count). The van der Waals surface area contributed by atoms with E-state index >= 15 is 0 Å². The second kappa shape index (κ2) is 4.91. The Labute approximate surface area is 98.3 Å². The average molecular weight is 233 g/mol. The average Bonchev–Trinajstić information content (AvgIpc) is 2.80. The number of Topliss-reactive ketones (excluding diaryl/α,β-unsaturated/α-hetero) is 1. The molecule has 0 aliphatic rings. The van der Waals surface area contributed by atoms with Gasteiger partial charge < -0.3 is 4.42 Å². The van der Waals surface area contributed by atoms with Crippen LogP contribution in [0, 0.1) is 5.82 Å². The van der Waals surface area contributed by atoms with E-state index in [0.29, 0.717) is 24.4 Å². The van der Waals surface area contributed by atoms with E-state index in [4.69, 9.17) is 4.42 Å². The summed E-state index contributed by atoms with van der Waals surface area (Å²) < 4.78 is 17.9. The van der Waals surface area contributed by atoms with Crippen LogP contribution in [0.2, 0.25) is 0 Å². The fraction of sp³-hybridized carbons (Fsp3) is 0.231. The summed E-state index contributed by atoms with van der Waals surface area (Å²) in [6.07, 6.45) is 2.23. The molecule has 17 heavy (non-hydrogen) atoms. The van der Waals surface area contributed by atoms with Gasteiger partial charge in [-0.2, -0.15) is 0 Å². The molecular formula is C13H12FNO2. The Balaban J connectivity index is 2.11. The number of nitrogens with zero attached hydrogens (tertiary/aromatic N) is 1. The van der Waals surface area contributed by atoms with Crippen LogP contribution in [0.4, 0.5) is 4.39 Å². The predicted molar refractivity (Wildman–Crippen MR) is 60.3 cm³/mol. The van der Waals surface area contributed by atoms with Gasteiger partial charge in [0.1, 0.15) is 17.8 Å². The first kappa shape index (κ1) is 11.5. The van der Waals surface area contributed by atoms with Gasteiger partial charge in [0, 0.05) is 12.8 Å². The summed E-state index contributed by atoms with van der Waals surface area (Å²) in [5.41, 5.74) is 1.24. The third-order valence-corrected chi connectivity index (χ3v) is 2.43. The quantitative estimate of drug-likeness (QED) is 0.762. The molecule has 0 unspecified atom stereocenters. The molecule has 1 heterocycles. The largest absolute Gasteiger partial charge is 0.448 e. The van der Waals surface area contributed by atoms with Crippen molar-refractivity contribution in [2.24, 2.45) is 0 Å². The number of halogens is 1. The number of oxazole rings is 1. The van der Waals surface area contributed by atoms with E-state index in [1.807, 2.05) is 0 Å². The highest BCUT2D eigenvalue weighted by molar-refractivity contribution is 5.93. The monoisotopic (exact) mass is 233 g/mol. The van der Waals surface area contributed by atoms with Crippen LogP contribution in [0.15, 0.2) is 34.9 Å². The minimum absolute atomic E-state index is 0.0425. The molecule has 2 aromatic rings. The molecular weight excluding hydrogens is 221 g/mol. The van der Waals surface area contributed by atoms with Gasteiger partial charge in [0.25, 0.3) is 0 Å². The molecule has 4 heteroatoms. The summed E-state index contributed by atoms with van der Waals surface area (Å²) in [6.45, 7) is 1.77. The van der Waals surface area contributed by atoms with Crippen LogP contribution in [-0.2, 0) is 6.42 Å². The fourth-order valence-electron chi connectivity index (χ4n) is 1.48. The number of hydrogen-bond donors (Lipinski definition) is 0. The molecule has 1 aromatic carbocycles. The first-order chi connectivity index (χ1) is 8.19. The summed E-state index contributed by atoms with van der Waals surface area (Å²) in [4.78, 5) is 15.4. The number of hydrogen-bond acceptors (Lipinski definition) is 3. The zero-order valence-electron chi connectivity index (χ0n) is 9.44. The summed E-state index contributed by atoms with van der Waals surface area (Å²) in [5.74, 6) is 0.149. The Bertz CT molecular complexity index is 516. The number of carbonyl (C=O) groups excluding carboxylic acids is 1. The predicted octanol–water partition coefficient (Wildman–Crippen LogP) is 3.00. The van der Waals surface area contributed by atoms with Crippen molar-refractivity contribution in [2.45, 2.75) is 19.8 Å². The summed E-state index contributed by atoms with van der Waals surface area (Å²) in [5, 5.41) is 0. The maximum atomic E-state index is 12.7.